The Morgan fingerprint density at radius 3 is 2.67 bits per heavy atom. The molecule has 0 bridgehead atoms. The van der Waals surface area contributed by atoms with Gasteiger partial charge >= 0.3 is 0 Å². The number of nitrogens with zero attached hydrogens (tertiary/aromatic N) is 1. The minimum absolute atomic E-state index is 0.342. The van der Waals surface area contributed by atoms with Gasteiger partial charge in [-0.3, -0.25) is 4.90 Å². The molecule has 0 radical (unpaired) electrons. The summed E-state index contributed by atoms with van der Waals surface area (Å²) in [5, 5.41) is 3.74. The first-order valence-electron chi connectivity index (χ1n) is 8.54. The molecule has 21 heavy (non-hydrogen) atoms. The van der Waals surface area contributed by atoms with Crippen LogP contribution in [-0.2, 0) is 6.42 Å². The van der Waals surface area contributed by atoms with Gasteiger partial charge in [0, 0.05) is 37.6 Å². The minimum atomic E-state index is 0.342. The van der Waals surface area contributed by atoms with Crippen molar-refractivity contribution >= 4 is 0 Å². The zero-order valence-electron chi connectivity index (χ0n) is 14.0. The third kappa shape index (κ3) is 3.02. The van der Waals surface area contributed by atoms with E-state index >= 15 is 0 Å². The maximum atomic E-state index is 3.74. The number of hydrogen-bond donors (Lipinski definition) is 1. The topological polar surface area (TPSA) is 15.3 Å². The van der Waals surface area contributed by atoms with Crippen LogP contribution in [-0.4, -0.2) is 36.6 Å². The fraction of sp³-hybridized carbons (Fsp3) is 0.684. The Balaban J connectivity index is 1.72. The molecule has 1 aliphatic heterocycles. The van der Waals surface area contributed by atoms with E-state index in [0.717, 1.165) is 12.5 Å². The predicted molar refractivity (Wildman–Crippen MR) is 89.8 cm³/mol. The van der Waals surface area contributed by atoms with Crippen molar-refractivity contribution in [2.24, 2.45) is 5.41 Å². The maximum absolute atomic E-state index is 3.74. The number of fused-ring (bicyclic) bond motifs is 1. The molecule has 3 atom stereocenters. The number of rotatable bonds is 3. The van der Waals surface area contributed by atoms with Crippen LogP contribution in [0.3, 0.4) is 0 Å². The lowest BCUT2D eigenvalue weighted by Crippen LogP contribution is -2.61. The molecule has 2 aliphatic rings. The van der Waals surface area contributed by atoms with Gasteiger partial charge in [0.15, 0.2) is 0 Å². The van der Waals surface area contributed by atoms with Gasteiger partial charge in [0.25, 0.3) is 0 Å². The van der Waals surface area contributed by atoms with Crippen LogP contribution >= 0.6 is 0 Å². The zero-order valence-corrected chi connectivity index (χ0v) is 14.0. The van der Waals surface area contributed by atoms with Crippen molar-refractivity contribution in [2.75, 3.05) is 19.6 Å². The van der Waals surface area contributed by atoms with Gasteiger partial charge in [-0.15, -0.1) is 0 Å². The Labute approximate surface area is 129 Å². The summed E-state index contributed by atoms with van der Waals surface area (Å²) in [5.41, 5.74) is 3.50. The SMILES string of the molecule is CCC1CN(CC2Cc3ccccc32)C(C(C)(C)C)CN1. The summed E-state index contributed by atoms with van der Waals surface area (Å²) >= 11 is 0. The highest BCUT2D eigenvalue weighted by Gasteiger charge is 2.37. The summed E-state index contributed by atoms with van der Waals surface area (Å²) in [7, 11) is 0. The molecule has 2 nitrogen and oxygen atoms in total. The fourth-order valence-corrected chi connectivity index (χ4v) is 4.02. The molecule has 1 aliphatic carbocycles. The smallest absolute Gasteiger partial charge is 0.0270 e. The lowest BCUT2D eigenvalue weighted by Gasteiger charge is -2.48. The van der Waals surface area contributed by atoms with E-state index in [1.807, 2.05) is 0 Å². The molecule has 1 aromatic rings. The summed E-state index contributed by atoms with van der Waals surface area (Å²) in [6.45, 7) is 13.0. The molecule has 0 saturated carbocycles. The molecule has 0 aromatic heterocycles. The van der Waals surface area contributed by atoms with Crippen LogP contribution in [0.4, 0.5) is 0 Å². The van der Waals surface area contributed by atoms with E-state index in [4.69, 9.17) is 0 Å². The number of nitrogens with one attached hydrogen (secondary N) is 1. The summed E-state index contributed by atoms with van der Waals surface area (Å²) < 4.78 is 0. The average Bonchev–Trinajstić information content (AvgIpc) is 2.43. The molecule has 1 aromatic carbocycles. The van der Waals surface area contributed by atoms with Gasteiger partial charge in [-0.1, -0.05) is 52.0 Å². The largest absolute Gasteiger partial charge is 0.311 e. The lowest BCUT2D eigenvalue weighted by atomic mass is 9.76. The number of benzene rings is 1. The molecule has 116 valence electrons. The lowest BCUT2D eigenvalue weighted by molar-refractivity contribution is 0.0478. The molecule has 1 heterocycles. The van der Waals surface area contributed by atoms with E-state index in [1.165, 1.54) is 25.9 Å². The monoisotopic (exact) mass is 286 g/mol. The van der Waals surface area contributed by atoms with Gasteiger partial charge in [-0.2, -0.15) is 0 Å². The van der Waals surface area contributed by atoms with Crippen molar-refractivity contribution in [3.05, 3.63) is 35.4 Å². The van der Waals surface area contributed by atoms with Crippen LogP contribution in [0, 0.1) is 5.41 Å². The van der Waals surface area contributed by atoms with E-state index in [0.29, 0.717) is 17.5 Å². The van der Waals surface area contributed by atoms with Gasteiger partial charge in [0.2, 0.25) is 0 Å². The molecule has 3 unspecified atom stereocenters. The van der Waals surface area contributed by atoms with Crippen molar-refractivity contribution in [3.63, 3.8) is 0 Å². The van der Waals surface area contributed by atoms with Crippen molar-refractivity contribution in [1.82, 2.24) is 10.2 Å². The zero-order chi connectivity index (χ0) is 15.0. The quantitative estimate of drug-likeness (QED) is 0.916. The van der Waals surface area contributed by atoms with Gasteiger partial charge < -0.3 is 5.32 Å². The van der Waals surface area contributed by atoms with Crippen molar-refractivity contribution in [2.45, 2.75) is 58.5 Å². The van der Waals surface area contributed by atoms with Gasteiger partial charge in [-0.25, -0.2) is 0 Å². The Morgan fingerprint density at radius 1 is 1.24 bits per heavy atom. The molecule has 0 amide bonds. The first kappa shape index (κ1) is 15.1. The summed E-state index contributed by atoms with van der Waals surface area (Å²) in [6, 6.07) is 10.3. The van der Waals surface area contributed by atoms with Crippen LogP contribution in [0.1, 0.15) is 51.2 Å². The van der Waals surface area contributed by atoms with Crippen LogP contribution in [0.15, 0.2) is 24.3 Å². The third-order valence-corrected chi connectivity index (χ3v) is 5.40. The molecule has 1 N–H and O–H groups in total. The van der Waals surface area contributed by atoms with E-state index in [1.54, 1.807) is 11.1 Å². The maximum Gasteiger partial charge on any atom is 0.0270 e. The molecule has 1 saturated heterocycles. The highest BCUT2D eigenvalue weighted by atomic mass is 15.2. The summed E-state index contributed by atoms with van der Waals surface area (Å²) in [4.78, 5) is 2.77. The van der Waals surface area contributed by atoms with Crippen molar-refractivity contribution < 1.29 is 0 Å². The van der Waals surface area contributed by atoms with E-state index in [2.05, 4.69) is 62.2 Å². The number of piperazine rings is 1. The minimum Gasteiger partial charge on any atom is -0.311 e. The standard InChI is InChI=1S/C19H30N2/c1-5-16-13-21(18(11-20-16)19(2,3)4)12-15-10-14-8-6-7-9-17(14)15/h6-9,15-16,18,20H,5,10-13H2,1-4H3. The predicted octanol–water partition coefficient (Wildman–Crippen LogP) is 3.42. The first-order valence-corrected chi connectivity index (χ1v) is 8.54. The van der Waals surface area contributed by atoms with Gasteiger partial charge in [0.1, 0.15) is 0 Å². The second-order valence-corrected chi connectivity index (χ2v) is 7.95. The molecular weight excluding hydrogens is 256 g/mol. The molecular formula is C19H30N2. The normalized spacial score (nSPS) is 29.8. The van der Waals surface area contributed by atoms with E-state index in [-0.39, 0.29) is 0 Å². The Kier molecular flexibility index (Phi) is 4.11. The molecule has 1 fully saturated rings. The average molecular weight is 286 g/mol. The van der Waals surface area contributed by atoms with Crippen molar-refractivity contribution in [1.29, 1.82) is 0 Å². The second kappa shape index (κ2) is 5.73. The van der Waals surface area contributed by atoms with E-state index < -0.39 is 0 Å². The van der Waals surface area contributed by atoms with Crippen LogP contribution in [0.2, 0.25) is 0 Å². The highest BCUT2D eigenvalue weighted by molar-refractivity contribution is 5.40. The molecule has 0 spiro atoms. The van der Waals surface area contributed by atoms with Crippen LogP contribution in [0.5, 0.6) is 0 Å². The summed E-state index contributed by atoms with van der Waals surface area (Å²) in [5.74, 6) is 0.752. The Morgan fingerprint density at radius 2 is 2.00 bits per heavy atom. The summed E-state index contributed by atoms with van der Waals surface area (Å²) in [6.07, 6.45) is 2.50. The van der Waals surface area contributed by atoms with Gasteiger partial charge in [-0.05, 0) is 29.4 Å². The third-order valence-electron chi connectivity index (χ3n) is 5.40. The Hall–Kier alpha value is -0.860. The second-order valence-electron chi connectivity index (χ2n) is 7.95. The fourth-order valence-electron chi connectivity index (χ4n) is 4.02. The first-order chi connectivity index (χ1) is 9.99. The highest BCUT2D eigenvalue weighted by Crippen LogP contribution is 2.37. The van der Waals surface area contributed by atoms with E-state index in [9.17, 15) is 0 Å². The van der Waals surface area contributed by atoms with Crippen molar-refractivity contribution in [3.8, 4) is 0 Å². The van der Waals surface area contributed by atoms with Crippen LogP contribution < -0.4 is 5.32 Å². The van der Waals surface area contributed by atoms with Crippen LogP contribution in [0.25, 0.3) is 0 Å². The molecule has 3 rings (SSSR count). The Bertz CT molecular complexity index is 489. The van der Waals surface area contributed by atoms with Gasteiger partial charge in [0.05, 0.1) is 0 Å². The number of hydrogen-bond acceptors (Lipinski definition) is 2. The molecule has 2 heteroatoms.